The van der Waals surface area contributed by atoms with Crippen molar-refractivity contribution >= 4 is 44.8 Å². The van der Waals surface area contributed by atoms with Crippen molar-refractivity contribution in [2.45, 2.75) is 31.6 Å². The van der Waals surface area contributed by atoms with Crippen molar-refractivity contribution < 1.29 is 13.2 Å². The SMILES string of the molecule is Cc1ccc(C)c(S(=O)(=O)N2CCCC(C(=O)Nc3cccc(Cl)c3Cl)C2)c1. The van der Waals surface area contributed by atoms with Gasteiger partial charge in [0.25, 0.3) is 0 Å². The summed E-state index contributed by atoms with van der Waals surface area (Å²) in [5.74, 6) is -0.714. The highest BCUT2D eigenvalue weighted by Gasteiger charge is 2.34. The molecule has 1 heterocycles. The fraction of sp³-hybridized carbons (Fsp3) is 0.350. The van der Waals surface area contributed by atoms with Gasteiger partial charge < -0.3 is 5.32 Å². The number of halogens is 2. The number of carbonyl (C=O) groups excluding carboxylic acids is 1. The molecule has 3 rings (SSSR count). The first-order chi connectivity index (χ1) is 13.2. The molecule has 1 atom stereocenters. The molecule has 2 aromatic carbocycles. The highest BCUT2D eigenvalue weighted by Crippen LogP contribution is 2.31. The van der Waals surface area contributed by atoms with Gasteiger partial charge in [-0.2, -0.15) is 4.31 Å². The summed E-state index contributed by atoms with van der Waals surface area (Å²) in [4.78, 5) is 13.0. The lowest BCUT2D eigenvalue weighted by Crippen LogP contribution is -2.43. The number of hydrogen-bond acceptors (Lipinski definition) is 3. The Morgan fingerprint density at radius 2 is 1.93 bits per heavy atom. The van der Waals surface area contributed by atoms with Crippen molar-refractivity contribution in [1.82, 2.24) is 4.31 Å². The van der Waals surface area contributed by atoms with Gasteiger partial charge in [-0.25, -0.2) is 8.42 Å². The number of hydrogen-bond donors (Lipinski definition) is 1. The van der Waals surface area contributed by atoms with Gasteiger partial charge in [-0.15, -0.1) is 0 Å². The third kappa shape index (κ3) is 4.35. The van der Waals surface area contributed by atoms with Gasteiger partial charge in [-0.3, -0.25) is 4.79 Å². The normalized spacial score (nSPS) is 18.1. The van der Waals surface area contributed by atoms with Crippen molar-refractivity contribution in [3.63, 3.8) is 0 Å². The number of amides is 1. The zero-order chi connectivity index (χ0) is 20.5. The van der Waals surface area contributed by atoms with Crippen LogP contribution in [0.25, 0.3) is 0 Å². The number of aryl methyl sites for hydroxylation is 2. The first-order valence-electron chi connectivity index (χ1n) is 9.02. The van der Waals surface area contributed by atoms with Crippen LogP contribution in [0.15, 0.2) is 41.3 Å². The molecule has 150 valence electrons. The molecule has 0 spiro atoms. The third-order valence-corrected chi connectivity index (χ3v) is 7.75. The quantitative estimate of drug-likeness (QED) is 0.751. The van der Waals surface area contributed by atoms with Crippen LogP contribution in [-0.2, 0) is 14.8 Å². The molecule has 2 aromatic rings. The van der Waals surface area contributed by atoms with Crippen LogP contribution in [0.1, 0.15) is 24.0 Å². The van der Waals surface area contributed by atoms with Crippen molar-refractivity contribution in [1.29, 1.82) is 0 Å². The Morgan fingerprint density at radius 3 is 2.68 bits per heavy atom. The van der Waals surface area contributed by atoms with E-state index in [9.17, 15) is 13.2 Å². The Morgan fingerprint density at radius 1 is 1.18 bits per heavy atom. The summed E-state index contributed by atoms with van der Waals surface area (Å²) in [6.07, 6.45) is 1.23. The van der Waals surface area contributed by atoms with E-state index in [-0.39, 0.29) is 17.5 Å². The number of piperidine rings is 1. The zero-order valence-electron chi connectivity index (χ0n) is 15.7. The van der Waals surface area contributed by atoms with Gasteiger partial charge in [-0.1, -0.05) is 41.4 Å². The molecule has 0 aromatic heterocycles. The highest BCUT2D eigenvalue weighted by atomic mass is 35.5. The molecule has 5 nitrogen and oxygen atoms in total. The minimum absolute atomic E-state index is 0.139. The monoisotopic (exact) mass is 440 g/mol. The van der Waals surface area contributed by atoms with E-state index in [1.807, 2.05) is 13.0 Å². The van der Waals surface area contributed by atoms with E-state index < -0.39 is 15.9 Å². The van der Waals surface area contributed by atoms with E-state index in [0.717, 1.165) is 5.56 Å². The van der Waals surface area contributed by atoms with Gasteiger partial charge in [0.05, 0.1) is 26.5 Å². The summed E-state index contributed by atoms with van der Waals surface area (Å²) in [6.45, 7) is 4.18. The maximum atomic E-state index is 13.1. The van der Waals surface area contributed by atoms with Crippen LogP contribution in [0.4, 0.5) is 5.69 Å². The van der Waals surface area contributed by atoms with Crippen molar-refractivity contribution in [2.75, 3.05) is 18.4 Å². The second-order valence-corrected chi connectivity index (χ2v) is 9.75. The van der Waals surface area contributed by atoms with Crippen LogP contribution < -0.4 is 5.32 Å². The number of anilines is 1. The zero-order valence-corrected chi connectivity index (χ0v) is 18.0. The molecule has 1 aliphatic rings. The summed E-state index contributed by atoms with van der Waals surface area (Å²) in [6, 6.07) is 10.4. The van der Waals surface area contributed by atoms with E-state index in [1.54, 1.807) is 37.3 Å². The smallest absolute Gasteiger partial charge is 0.243 e. The van der Waals surface area contributed by atoms with Crippen LogP contribution >= 0.6 is 23.2 Å². The van der Waals surface area contributed by atoms with E-state index in [1.165, 1.54) is 4.31 Å². The minimum atomic E-state index is -3.66. The van der Waals surface area contributed by atoms with Crippen LogP contribution in [-0.4, -0.2) is 31.7 Å². The summed E-state index contributed by atoms with van der Waals surface area (Å²) >= 11 is 12.1. The Bertz CT molecular complexity index is 1010. The lowest BCUT2D eigenvalue weighted by Gasteiger charge is -2.31. The number of nitrogens with one attached hydrogen (secondary N) is 1. The molecule has 0 radical (unpaired) electrons. The lowest BCUT2D eigenvalue weighted by molar-refractivity contribution is -0.120. The molecular weight excluding hydrogens is 419 g/mol. The molecule has 0 aliphatic carbocycles. The number of benzene rings is 2. The summed E-state index contributed by atoms with van der Waals surface area (Å²) in [5, 5.41) is 3.40. The molecule has 1 unspecified atom stereocenters. The molecule has 1 amide bonds. The number of rotatable bonds is 4. The standard InChI is InChI=1S/C20H22Cl2N2O3S/c1-13-8-9-14(2)18(11-13)28(26,27)24-10-4-5-15(12-24)20(25)23-17-7-3-6-16(21)19(17)22/h3,6-9,11,15H,4-5,10,12H2,1-2H3,(H,23,25). The first kappa shape index (κ1) is 21.1. The summed E-state index contributed by atoms with van der Waals surface area (Å²) in [5.41, 5.74) is 2.00. The van der Waals surface area contributed by atoms with Crippen LogP contribution in [0.3, 0.4) is 0 Å². The minimum Gasteiger partial charge on any atom is -0.324 e. The second kappa shape index (κ2) is 8.41. The third-order valence-electron chi connectivity index (χ3n) is 4.93. The van der Waals surface area contributed by atoms with Gasteiger partial charge >= 0.3 is 0 Å². The van der Waals surface area contributed by atoms with Gasteiger partial charge in [0, 0.05) is 13.1 Å². The summed E-state index contributed by atoms with van der Waals surface area (Å²) in [7, 11) is -3.66. The second-order valence-electron chi connectivity index (χ2n) is 7.06. The van der Waals surface area contributed by atoms with Crippen molar-refractivity contribution in [3.05, 3.63) is 57.6 Å². The van der Waals surface area contributed by atoms with Crippen LogP contribution in [0, 0.1) is 19.8 Å². The van der Waals surface area contributed by atoms with Crippen LogP contribution in [0.2, 0.25) is 10.0 Å². The molecule has 28 heavy (non-hydrogen) atoms. The Kier molecular flexibility index (Phi) is 6.34. The van der Waals surface area contributed by atoms with E-state index >= 15 is 0 Å². The number of nitrogens with zero attached hydrogens (tertiary/aromatic N) is 1. The Balaban J connectivity index is 1.79. The molecule has 1 aliphatic heterocycles. The number of sulfonamides is 1. The van der Waals surface area contributed by atoms with Gasteiger partial charge in [0.15, 0.2) is 0 Å². The van der Waals surface area contributed by atoms with E-state index in [2.05, 4.69) is 5.32 Å². The van der Waals surface area contributed by atoms with Crippen molar-refractivity contribution in [2.24, 2.45) is 5.92 Å². The molecule has 1 saturated heterocycles. The Labute approximate surface area is 175 Å². The van der Waals surface area contributed by atoms with Gasteiger partial charge in [0.1, 0.15) is 0 Å². The van der Waals surface area contributed by atoms with Crippen LogP contribution in [0.5, 0.6) is 0 Å². The van der Waals surface area contributed by atoms with Crippen molar-refractivity contribution in [3.8, 4) is 0 Å². The van der Waals surface area contributed by atoms with Gasteiger partial charge in [0.2, 0.25) is 15.9 Å². The average molecular weight is 441 g/mol. The van der Waals surface area contributed by atoms with E-state index in [4.69, 9.17) is 23.2 Å². The maximum absolute atomic E-state index is 13.1. The first-order valence-corrected chi connectivity index (χ1v) is 11.2. The molecule has 0 bridgehead atoms. The Hall–Kier alpha value is -1.60. The molecule has 8 heteroatoms. The lowest BCUT2D eigenvalue weighted by atomic mass is 9.98. The predicted octanol–water partition coefficient (Wildman–Crippen LogP) is 4.65. The summed E-state index contributed by atoms with van der Waals surface area (Å²) < 4.78 is 27.7. The molecule has 0 saturated carbocycles. The van der Waals surface area contributed by atoms with E-state index in [0.29, 0.717) is 40.6 Å². The molecule has 1 N–H and O–H groups in total. The largest absolute Gasteiger partial charge is 0.324 e. The topological polar surface area (TPSA) is 66.5 Å². The predicted molar refractivity (Wildman–Crippen MR) is 112 cm³/mol. The number of carbonyl (C=O) groups is 1. The average Bonchev–Trinajstić information content (AvgIpc) is 2.67. The fourth-order valence-corrected chi connectivity index (χ4v) is 5.52. The maximum Gasteiger partial charge on any atom is 0.243 e. The van der Waals surface area contributed by atoms with Gasteiger partial charge in [-0.05, 0) is 56.0 Å². The molecule has 1 fully saturated rings. The fourth-order valence-electron chi connectivity index (χ4n) is 3.33. The highest BCUT2D eigenvalue weighted by molar-refractivity contribution is 7.89. The molecular formula is C20H22Cl2N2O3S.